The number of sulfonamides is 1. The summed E-state index contributed by atoms with van der Waals surface area (Å²) in [7, 11) is -7.73. The summed E-state index contributed by atoms with van der Waals surface area (Å²) >= 11 is 0. The third-order valence-electron chi connectivity index (χ3n) is 5.92. The van der Waals surface area contributed by atoms with E-state index in [1.54, 1.807) is 24.5 Å². The van der Waals surface area contributed by atoms with Crippen LogP contribution in [0.25, 0.3) is 11.0 Å². The van der Waals surface area contributed by atoms with Crippen LogP contribution in [0.3, 0.4) is 0 Å². The molecule has 1 atom stereocenters. The predicted octanol–water partition coefficient (Wildman–Crippen LogP) is 2.81. The van der Waals surface area contributed by atoms with Gasteiger partial charge in [-0.05, 0) is 60.4 Å². The monoisotopic (exact) mass is 555 g/mol. The lowest BCUT2D eigenvalue weighted by Gasteiger charge is -2.14. The number of nitrogens with one attached hydrogen (secondary N) is 3. The first-order valence-corrected chi connectivity index (χ1v) is 15.3. The highest BCUT2D eigenvalue weighted by atomic mass is 32.3. The molecule has 2 aromatic carbocycles. The van der Waals surface area contributed by atoms with Gasteiger partial charge < -0.3 is 10.6 Å². The molecule has 3 N–H and O–H groups in total. The summed E-state index contributed by atoms with van der Waals surface area (Å²) in [5.41, 5.74) is 4.56. The van der Waals surface area contributed by atoms with Crippen LogP contribution in [0.4, 0.5) is 23.0 Å². The number of hydrogen-bond donors (Lipinski definition) is 3. The van der Waals surface area contributed by atoms with E-state index in [0.29, 0.717) is 17.3 Å². The first-order valence-electron chi connectivity index (χ1n) is 11.6. The highest BCUT2D eigenvalue weighted by Crippen LogP contribution is 2.37. The maximum absolute atomic E-state index is 12.0. The minimum atomic E-state index is -4.04. The number of rotatable bonds is 8. The summed E-state index contributed by atoms with van der Waals surface area (Å²) < 4.78 is 50.8. The molecule has 38 heavy (non-hydrogen) atoms. The number of fused-ring (bicyclic) bond motifs is 2. The average molecular weight is 556 g/mol. The molecule has 0 aliphatic heterocycles. The fraction of sp³-hybridized carbons (Fsp3) is 0.250. The van der Waals surface area contributed by atoms with Crippen LogP contribution in [0.5, 0.6) is 0 Å². The van der Waals surface area contributed by atoms with Gasteiger partial charge in [-0.2, -0.15) is 10.1 Å². The topological polar surface area (TPSA) is 165 Å². The highest BCUT2D eigenvalue weighted by molar-refractivity contribution is 8.08. The minimum Gasteiger partial charge on any atom is -0.326 e. The van der Waals surface area contributed by atoms with Crippen molar-refractivity contribution in [3.63, 3.8) is 0 Å². The van der Waals surface area contributed by atoms with Gasteiger partial charge in [0.15, 0.2) is 20.6 Å². The molecule has 0 bridgehead atoms. The molecule has 0 saturated carbocycles. The second-order valence-electron chi connectivity index (χ2n) is 9.17. The van der Waals surface area contributed by atoms with Crippen LogP contribution in [0.1, 0.15) is 30.5 Å². The molecule has 1 amide bonds. The first kappa shape index (κ1) is 25.6. The molecule has 14 heteroatoms. The van der Waals surface area contributed by atoms with Crippen molar-refractivity contribution in [2.45, 2.75) is 25.8 Å². The van der Waals surface area contributed by atoms with Gasteiger partial charge in [0.25, 0.3) is 0 Å². The molecule has 1 aliphatic rings. The fourth-order valence-electron chi connectivity index (χ4n) is 4.50. The number of aryl methyl sites for hydroxylation is 1. The molecule has 5 rings (SSSR count). The SMILES string of the molecule is CC(=O)Nc1ccc2c(c1)CCC2n1ncc2cnc(Nc3ccc(NS(=O)(=O)CS(C)(=O)=O)cc3)nc21. The van der Waals surface area contributed by atoms with Crippen molar-refractivity contribution < 1.29 is 21.6 Å². The van der Waals surface area contributed by atoms with Gasteiger partial charge in [-0.1, -0.05) is 6.07 Å². The summed E-state index contributed by atoms with van der Waals surface area (Å²) in [5.74, 6) is 0.223. The Morgan fingerprint density at radius 3 is 2.45 bits per heavy atom. The lowest BCUT2D eigenvalue weighted by atomic mass is 10.1. The number of carbonyl (C=O) groups excluding carboxylic acids is 1. The van der Waals surface area contributed by atoms with Gasteiger partial charge in [0.1, 0.15) is 0 Å². The van der Waals surface area contributed by atoms with E-state index in [9.17, 15) is 21.6 Å². The van der Waals surface area contributed by atoms with Gasteiger partial charge in [-0.3, -0.25) is 9.52 Å². The van der Waals surface area contributed by atoms with Crippen LogP contribution in [-0.4, -0.2) is 53.8 Å². The first-order chi connectivity index (χ1) is 18.0. The van der Waals surface area contributed by atoms with E-state index in [1.807, 2.05) is 22.9 Å². The normalized spacial score (nSPS) is 15.3. The van der Waals surface area contributed by atoms with Crippen LogP contribution in [0.2, 0.25) is 0 Å². The molecule has 0 saturated heterocycles. The molecule has 12 nitrogen and oxygen atoms in total. The zero-order chi connectivity index (χ0) is 27.1. The molecule has 2 heterocycles. The van der Waals surface area contributed by atoms with Crippen molar-refractivity contribution in [2.75, 3.05) is 26.7 Å². The maximum Gasteiger partial charge on any atom is 0.247 e. The number of amides is 1. The minimum absolute atomic E-state index is 0.00382. The van der Waals surface area contributed by atoms with E-state index < -0.39 is 24.9 Å². The standard InChI is InChI=1S/C24H25N7O5S2/c1-15(32)27-20-8-9-21-16(11-20)3-10-22(21)31-23-17(13-26-31)12-25-24(29-23)28-18-4-6-19(7-5-18)30-38(35,36)14-37(2,33)34/h4-9,11-13,22,30H,3,10,14H2,1-2H3,(H,27,32)(H,25,28,29). The molecule has 1 unspecified atom stereocenters. The summed E-state index contributed by atoms with van der Waals surface area (Å²) in [6, 6.07) is 12.2. The molecule has 0 radical (unpaired) electrons. The predicted molar refractivity (Wildman–Crippen MR) is 145 cm³/mol. The highest BCUT2D eigenvalue weighted by Gasteiger charge is 2.27. The van der Waals surface area contributed by atoms with Crippen LogP contribution in [0, 0.1) is 0 Å². The van der Waals surface area contributed by atoms with E-state index >= 15 is 0 Å². The number of nitrogens with zero attached hydrogens (tertiary/aromatic N) is 4. The Labute approximate surface area is 219 Å². The number of hydrogen-bond acceptors (Lipinski definition) is 9. The maximum atomic E-state index is 12.0. The lowest BCUT2D eigenvalue weighted by Crippen LogP contribution is -2.22. The molecule has 198 valence electrons. The number of benzene rings is 2. The second kappa shape index (κ2) is 9.68. The van der Waals surface area contributed by atoms with Crippen molar-refractivity contribution >= 4 is 59.8 Å². The largest absolute Gasteiger partial charge is 0.326 e. The Hall–Kier alpha value is -4.04. The second-order valence-corrected chi connectivity index (χ2v) is 13.4. The Morgan fingerprint density at radius 2 is 1.74 bits per heavy atom. The Kier molecular flexibility index (Phi) is 6.53. The van der Waals surface area contributed by atoms with Crippen molar-refractivity contribution in [2.24, 2.45) is 0 Å². The molecule has 2 aromatic heterocycles. The van der Waals surface area contributed by atoms with Crippen LogP contribution in [-0.2, 0) is 31.1 Å². The van der Waals surface area contributed by atoms with Crippen LogP contribution >= 0.6 is 0 Å². The van der Waals surface area contributed by atoms with Crippen LogP contribution in [0.15, 0.2) is 54.9 Å². The average Bonchev–Trinajstić information content (AvgIpc) is 3.41. The number of anilines is 4. The van der Waals surface area contributed by atoms with E-state index in [2.05, 4.69) is 30.4 Å². The third-order valence-corrected chi connectivity index (χ3v) is 9.42. The van der Waals surface area contributed by atoms with E-state index in [0.717, 1.165) is 41.3 Å². The Balaban J connectivity index is 1.34. The quantitative estimate of drug-likeness (QED) is 0.296. The summed E-state index contributed by atoms with van der Waals surface area (Å²) in [4.78, 5) is 20.4. The van der Waals surface area contributed by atoms with Gasteiger partial charge >= 0.3 is 0 Å². The zero-order valence-electron chi connectivity index (χ0n) is 20.5. The van der Waals surface area contributed by atoms with E-state index in [4.69, 9.17) is 0 Å². The van der Waals surface area contributed by atoms with E-state index in [1.165, 1.54) is 19.1 Å². The van der Waals surface area contributed by atoms with Gasteiger partial charge in [-0.25, -0.2) is 26.5 Å². The van der Waals surface area contributed by atoms with Gasteiger partial charge in [0.05, 0.1) is 17.6 Å². The molecule has 4 aromatic rings. The fourth-order valence-corrected chi connectivity index (χ4v) is 7.48. The van der Waals surface area contributed by atoms with Crippen molar-refractivity contribution in [1.82, 2.24) is 19.7 Å². The molecule has 0 fully saturated rings. The molecular weight excluding hydrogens is 530 g/mol. The third kappa shape index (κ3) is 5.75. The number of sulfone groups is 1. The lowest BCUT2D eigenvalue weighted by molar-refractivity contribution is -0.114. The summed E-state index contributed by atoms with van der Waals surface area (Å²) in [6.45, 7) is 1.48. The summed E-state index contributed by atoms with van der Waals surface area (Å²) in [6.07, 6.45) is 5.96. The smallest absolute Gasteiger partial charge is 0.247 e. The molecule has 1 aliphatic carbocycles. The zero-order valence-corrected chi connectivity index (χ0v) is 22.2. The Bertz CT molecular complexity index is 1750. The molecular formula is C24H25N7O5S2. The number of aromatic nitrogens is 4. The van der Waals surface area contributed by atoms with Gasteiger partial charge in [0.2, 0.25) is 21.9 Å². The van der Waals surface area contributed by atoms with Gasteiger partial charge in [-0.15, -0.1) is 0 Å². The van der Waals surface area contributed by atoms with Crippen molar-refractivity contribution in [3.8, 4) is 0 Å². The summed E-state index contributed by atoms with van der Waals surface area (Å²) in [5, 5.41) is 10.3. The van der Waals surface area contributed by atoms with Crippen LogP contribution < -0.4 is 15.4 Å². The Morgan fingerprint density at radius 1 is 1.03 bits per heavy atom. The van der Waals surface area contributed by atoms with Crippen molar-refractivity contribution in [1.29, 1.82) is 0 Å². The van der Waals surface area contributed by atoms with Gasteiger partial charge in [0, 0.05) is 36.4 Å². The number of carbonyl (C=O) groups is 1. The van der Waals surface area contributed by atoms with E-state index in [-0.39, 0.29) is 17.6 Å². The molecule has 0 spiro atoms. The van der Waals surface area contributed by atoms with Crippen molar-refractivity contribution in [3.05, 3.63) is 66.0 Å².